The minimum atomic E-state index is 0.0728. The highest BCUT2D eigenvalue weighted by Crippen LogP contribution is 2.38. The van der Waals surface area contributed by atoms with Gasteiger partial charge in [0, 0.05) is 23.9 Å². The van der Waals surface area contributed by atoms with Gasteiger partial charge in [0.2, 0.25) is 5.91 Å². The number of carbonyl (C=O) groups excluding carboxylic acids is 1. The third-order valence-corrected chi connectivity index (χ3v) is 3.16. The minimum absolute atomic E-state index is 0.0728. The predicted octanol–water partition coefficient (Wildman–Crippen LogP) is 1.03. The Labute approximate surface area is 80.1 Å². The summed E-state index contributed by atoms with van der Waals surface area (Å²) in [4.78, 5) is 11.3. The molecule has 1 aliphatic carbocycles. The summed E-state index contributed by atoms with van der Waals surface area (Å²) in [5, 5.41) is 3.02. The van der Waals surface area contributed by atoms with Crippen LogP contribution in [0, 0.1) is 5.41 Å². The molecule has 13 heavy (non-hydrogen) atoms. The van der Waals surface area contributed by atoms with Crippen LogP contribution in [0.4, 0.5) is 0 Å². The summed E-state index contributed by atoms with van der Waals surface area (Å²) in [6.45, 7) is 6.23. The summed E-state index contributed by atoms with van der Waals surface area (Å²) < 4.78 is 0. The molecule has 0 aromatic carbocycles. The highest BCUT2D eigenvalue weighted by Gasteiger charge is 2.46. The van der Waals surface area contributed by atoms with Gasteiger partial charge in [-0.05, 0) is 12.8 Å². The van der Waals surface area contributed by atoms with Crippen molar-refractivity contribution in [3.05, 3.63) is 0 Å². The van der Waals surface area contributed by atoms with Crippen LogP contribution >= 0.6 is 0 Å². The van der Waals surface area contributed by atoms with Crippen LogP contribution in [0.5, 0.6) is 0 Å². The van der Waals surface area contributed by atoms with Crippen molar-refractivity contribution in [1.82, 2.24) is 5.32 Å². The highest BCUT2D eigenvalue weighted by molar-refractivity contribution is 5.76. The molecule has 1 fully saturated rings. The number of amides is 1. The molecule has 2 unspecified atom stereocenters. The average Bonchev–Trinajstić information content (AvgIpc) is 2.04. The molecular weight excluding hydrogens is 164 g/mol. The molecule has 0 spiro atoms. The van der Waals surface area contributed by atoms with Crippen LogP contribution in [-0.4, -0.2) is 18.0 Å². The lowest BCUT2D eigenvalue weighted by Gasteiger charge is -2.50. The molecule has 1 amide bonds. The largest absolute Gasteiger partial charge is 0.353 e. The van der Waals surface area contributed by atoms with Crippen LogP contribution in [0.15, 0.2) is 0 Å². The van der Waals surface area contributed by atoms with Gasteiger partial charge in [0.25, 0.3) is 0 Å². The highest BCUT2D eigenvalue weighted by atomic mass is 16.1. The zero-order chi connectivity index (χ0) is 10.1. The molecule has 1 saturated carbocycles. The average molecular weight is 184 g/mol. The Morgan fingerprint density at radius 2 is 2.23 bits per heavy atom. The van der Waals surface area contributed by atoms with Gasteiger partial charge in [-0.3, -0.25) is 4.79 Å². The molecule has 3 heteroatoms. The monoisotopic (exact) mass is 184 g/mol. The predicted molar refractivity (Wildman–Crippen MR) is 53.2 cm³/mol. The first-order valence-corrected chi connectivity index (χ1v) is 5.03. The first kappa shape index (κ1) is 10.5. The van der Waals surface area contributed by atoms with Gasteiger partial charge < -0.3 is 11.1 Å². The van der Waals surface area contributed by atoms with E-state index in [1.807, 2.05) is 6.92 Å². The van der Waals surface area contributed by atoms with E-state index in [9.17, 15) is 4.79 Å². The molecule has 0 bridgehead atoms. The fraction of sp³-hybridized carbons (Fsp3) is 0.900. The van der Waals surface area contributed by atoms with Crippen molar-refractivity contribution in [2.75, 3.05) is 0 Å². The third-order valence-electron chi connectivity index (χ3n) is 3.16. The van der Waals surface area contributed by atoms with Gasteiger partial charge in [-0.15, -0.1) is 0 Å². The maximum atomic E-state index is 11.3. The number of hydrogen-bond acceptors (Lipinski definition) is 2. The molecule has 0 radical (unpaired) electrons. The molecular formula is C10H20N2O. The summed E-state index contributed by atoms with van der Waals surface area (Å²) in [5.41, 5.74) is 5.92. The first-order chi connectivity index (χ1) is 5.98. The molecule has 1 aliphatic rings. The molecule has 0 aliphatic heterocycles. The van der Waals surface area contributed by atoms with Crippen molar-refractivity contribution in [2.24, 2.45) is 11.1 Å². The SMILES string of the molecule is CCCC(=O)NC1CC(N)C1(C)C. The molecule has 3 N–H and O–H groups in total. The number of rotatable bonds is 3. The van der Waals surface area contributed by atoms with E-state index in [1.54, 1.807) is 0 Å². The summed E-state index contributed by atoms with van der Waals surface area (Å²) in [5.74, 6) is 0.160. The quantitative estimate of drug-likeness (QED) is 0.688. The minimum Gasteiger partial charge on any atom is -0.353 e. The normalized spacial score (nSPS) is 30.8. The summed E-state index contributed by atoms with van der Waals surface area (Å²) >= 11 is 0. The Bertz CT molecular complexity index is 201. The number of nitrogens with two attached hydrogens (primary N) is 1. The van der Waals surface area contributed by atoms with E-state index in [4.69, 9.17) is 5.73 Å². The fourth-order valence-electron chi connectivity index (χ4n) is 1.70. The Morgan fingerprint density at radius 1 is 1.62 bits per heavy atom. The van der Waals surface area contributed by atoms with Crippen molar-refractivity contribution in [1.29, 1.82) is 0 Å². The van der Waals surface area contributed by atoms with E-state index in [2.05, 4.69) is 19.2 Å². The lowest BCUT2D eigenvalue weighted by molar-refractivity contribution is -0.124. The van der Waals surface area contributed by atoms with Gasteiger partial charge in [-0.2, -0.15) is 0 Å². The van der Waals surface area contributed by atoms with Gasteiger partial charge in [0.15, 0.2) is 0 Å². The standard InChI is InChI=1S/C10H20N2O/c1-4-5-9(13)12-8-6-7(11)10(8,2)3/h7-8H,4-6,11H2,1-3H3,(H,12,13). The third kappa shape index (κ3) is 2.02. The lowest BCUT2D eigenvalue weighted by atomic mass is 9.63. The van der Waals surface area contributed by atoms with Crippen molar-refractivity contribution in [3.63, 3.8) is 0 Å². The van der Waals surface area contributed by atoms with Gasteiger partial charge in [-0.1, -0.05) is 20.8 Å². The van der Waals surface area contributed by atoms with Crippen molar-refractivity contribution < 1.29 is 4.79 Å². The van der Waals surface area contributed by atoms with E-state index < -0.39 is 0 Å². The van der Waals surface area contributed by atoms with Gasteiger partial charge in [0.05, 0.1) is 0 Å². The maximum absolute atomic E-state index is 11.3. The lowest BCUT2D eigenvalue weighted by Crippen LogP contribution is -2.64. The first-order valence-electron chi connectivity index (χ1n) is 5.03. The number of hydrogen-bond donors (Lipinski definition) is 2. The second-order valence-corrected chi connectivity index (χ2v) is 4.53. The molecule has 0 aromatic heterocycles. The van der Waals surface area contributed by atoms with Crippen LogP contribution in [0.3, 0.4) is 0 Å². The summed E-state index contributed by atoms with van der Waals surface area (Å²) in [7, 11) is 0. The second kappa shape index (κ2) is 3.66. The number of nitrogens with one attached hydrogen (secondary N) is 1. The Balaban J connectivity index is 2.36. The Morgan fingerprint density at radius 3 is 2.62 bits per heavy atom. The molecule has 76 valence electrons. The zero-order valence-electron chi connectivity index (χ0n) is 8.76. The van der Waals surface area contributed by atoms with E-state index in [0.29, 0.717) is 6.42 Å². The molecule has 2 atom stereocenters. The van der Waals surface area contributed by atoms with Crippen LogP contribution in [0.2, 0.25) is 0 Å². The van der Waals surface area contributed by atoms with E-state index >= 15 is 0 Å². The summed E-state index contributed by atoms with van der Waals surface area (Å²) in [6.07, 6.45) is 2.45. The fourth-order valence-corrected chi connectivity index (χ4v) is 1.70. The van der Waals surface area contributed by atoms with Crippen LogP contribution in [-0.2, 0) is 4.79 Å². The van der Waals surface area contributed by atoms with Crippen molar-refractivity contribution in [2.45, 2.75) is 52.1 Å². The van der Waals surface area contributed by atoms with Crippen LogP contribution in [0.25, 0.3) is 0 Å². The molecule has 3 nitrogen and oxygen atoms in total. The van der Waals surface area contributed by atoms with Gasteiger partial charge in [-0.25, -0.2) is 0 Å². The van der Waals surface area contributed by atoms with E-state index in [0.717, 1.165) is 12.8 Å². The molecule has 0 heterocycles. The number of carbonyl (C=O) groups is 1. The topological polar surface area (TPSA) is 55.1 Å². The maximum Gasteiger partial charge on any atom is 0.220 e. The zero-order valence-corrected chi connectivity index (χ0v) is 8.76. The smallest absolute Gasteiger partial charge is 0.220 e. The van der Waals surface area contributed by atoms with Gasteiger partial charge in [0.1, 0.15) is 0 Å². The van der Waals surface area contributed by atoms with Crippen molar-refractivity contribution in [3.8, 4) is 0 Å². The summed E-state index contributed by atoms with van der Waals surface area (Å²) in [6, 6.07) is 0.515. The molecule has 0 saturated heterocycles. The Kier molecular flexibility index (Phi) is 2.96. The van der Waals surface area contributed by atoms with Gasteiger partial charge >= 0.3 is 0 Å². The molecule has 0 aromatic rings. The van der Waals surface area contributed by atoms with Crippen LogP contribution < -0.4 is 11.1 Å². The molecule has 1 rings (SSSR count). The van der Waals surface area contributed by atoms with Crippen molar-refractivity contribution >= 4 is 5.91 Å². The Hall–Kier alpha value is -0.570. The van der Waals surface area contributed by atoms with Crippen LogP contribution in [0.1, 0.15) is 40.0 Å². The van der Waals surface area contributed by atoms with E-state index in [1.165, 1.54) is 0 Å². The second-order valence-electron chi connectivity index (χ2n) is 4.53. The van der Waals surface area contributed by atoms with E-state index in [-0.39, 0.29) is 23.4 Å².